The van der Waals surface area contributed by atoms with Gasteiger partial charge in [0.15, 0.2) is 0 Å². The van der Waals surface area contributed by atoms with E-state index in [1.54, 1.807) is 18.2 Å². The van der Waals surface area contributed by atoms with Gasteiger partial charge in [0.25, 0.3) is 11.8 Å². The Morgan fingerprint density at radius 1 is 1.25 bits per heavy atom. The molecule has 0 saturated carbocycles. The number of hydrogen-bond acceptors (Lipinski definition) is 4. The molecule has 6 nitrogen and oxygen atoms in total. The zero-order valence-electron chi connectivity index (χ0n) is 13.3. The Labute approximate surface area is 149 Å². The van der Waals surface area contributed by atoms with E-state index < -0.39 is 0 Å². The van der Waals surface area contributed by atoms with E-state index in [1.165, 1.54) is 4.90 Å². The quantitative estimate of drug-likeness (QED) is 0.770. The summed E-state index contributed by atoms with van der Waals surface area (Å²) < 4.78 is 0.767. The van der Waals surface area contributed by atoms with E-state index in [2.05, 4.69) is 15.9 Å². The molecule has 0 aromatic heterocycles. The number of halogens is 1. The molecule has 0 aliphatic carbocycles. The molecule has 0 bridgehead atoms. The summed E-state index contributed by atoms with van der Waals surface area (Å²) >= 11 is 3.31. The molecule has 1 fully saturated rings. The highest BCUT2D eigenvalue weighted by Gasteiger charge is 2.35. The Kier molecular flexibility index (Phi) is 5.01. The molecule has 3 rings (SSSR count). The Morgan fingerprint density at radius 3 is 2.71 bits per heavy atom. The van der Waals surface area contributed by atoms with Gasteiger partial charge in [-0.2, -0.15) is 0 Å². The topological polar surface area (TPSA) is 83.7 Å². The molecule has 2 N–H and O–H groups in total. The molecule has 0 spiro atoms. The number of nitrogens with two attached hydrogens (primary N) is 1. The first-order chi connectivity index (χ1) is 11.5. The molecule has 128 valence electrons. The van der Waals surface area contributed by atoms with Crippen molar-refractivity contribution in [3.8, 4) is 0 Å². The number of benzene rings is 1. The van der Waals surface area contributed by atoms with Crippen LogP contribution in [0.1, 0.15) is 40.0 Å². The van der Waals surface area contributed by atoms with Gasteiger partial charge in [0.1, 0.15) is 0 Å². The minimum atomic E-state index is -0.284. The number of carbonyl (C=O) groups excluding carboxylic acids is 3. The molecule has 7 heteroatoms. The van der Waals surface area contributed by atoms with Gasteiger partial charge in [-0.15, -0.1) is 0 Å². The fraction of sp³-hybridized carbons (Fsp3) is 0.471. The van der Waals surface area contributed by atoms with Crippen LogP contribution in [0.15, 0.2) is 22.7 Å². The van der Waals surface area contributed by atoms with Crippen molar-refractivity contribution in [1.82, 2.24) is 9.80 Å². The highest BCUT2D eigenvalue weighted by atomic mass is 79.9. The normalized spacial score (nSPS) is 20.0. The number of nitrogens with zero attached hydrogens (tertiary/aromatic N) is 2. The molecule has 1 atom stereocenters. The Hall–Kier alpha value is -1.73. The first-order valence-corrected chi connectivity index (χ1v) is 8.94. The molecule has 1 saturated heterocycles. The lowest BCUT2D eigenvalue weighted by Crippen LogP contribution is -2.33. The average molecular weight is 394 g/mol. The number of imide groups is 1. The molecule has 1 unspecified atom stereocenters. The van der Waals surface area contributed by atoms with Gasteiger partial charge in [-0.1, -0.05) is 15.9 Å². The smallest absolute Gasteiger partial charge is 0.261 e. The standard InChI is InChI=1S/C17H20BrN3O3/c18-12-3-4-13-14(8-12)17(24)21(16(13)23)6-1-2-15(22)20-7-5-11(9-19)10-20/h3-4,8,11H,1-2,5-7,9-10,19H2. The van der Waals surface area contributed by atoms with Gasteiger partial charge in [-0.05, 0) is 43.5 Å². The van der Waals surface area contributed by atoms with Gasteiger partial charge >= 0.3 is 0 Å². The molecule has 24 heavy (non-hydrogen) atoms. The molecule has 2 aliphatic heterocycles. The van der Waals surface area contributed by atoms with Gasteiger partial charge in [0, 0.05) is 30.5 Å². The molecular weight excluding hydrogens is 374 g/mol. The number of fused-ring (bicyclic) bond motifs is 1. The Morgan fingerprint density at radius 2 is 2.00 bits per heavy atom. The first-order valence-electron chi connectivity index (χ1n) is 8.15. The molecule has 1 aromatic rings. The van der Waals surface area contributed by atoms with Crippen molar-refractivity contribution in [2.24, 2.45) is 11.7 Å². The van der Waals surface area contributed by atoms with Crippen molar-refractivity contribution >= 4 is 33.7 Å². The van der Waals surface area contributed by atoms with Crippen LogP contribution in [-0.4, -0.2) is 53.7 Å². The van der Waals surface area contributed by atoms with Crippen molar-refractivity contribution in [2.45, 2.75) is 19.3 Å². The molecule has 2 heterocycles. The lowest BCUT2D eigenvalue weighted by Gasteiger charge is -2.18. The van der Waals surface area contributed by atoms with Crippen molar-refractivity contribution in [3.05, 3.63) is 33.8 Å². The van der Waals surface area contributed by atoms with Gasteiger partial charge in [-0.25, -0.2) is 0 Å². The summed E-state index contributed by atoms with van der Waals surface area (Å²) in [6.45, 7) is 2.34. The summed E-state index contributed by atoms with van der Waals surface area (Å²) in [4.78, 5) is 39.9. The average Bonchev–Trinajstić information content (AvgIpc) is 3.14. The molecule has 2 aliphatic rings. The number of likely N-dealkylation sites (tertiary alicyclic amines) is 1. The highest BCUT2D eigenvalue weighted by molar-refractivity contribution is 9.10. The van der Waals surface area contributed by atoms with Gasteiger partial charge < -0.3 is 10.6 Å². The van der Waals surface area contributed by atoms with Crippen molar-refractivity contribution in [2.75, 3.05) is 26.2 Å². The second kappa shape index (κ2) is 7.03. The van der Waals surface area contributed by atoms with Crippen molar-refractivity contribution in [3.63, 3.8) is 0 Å². The van der Waals surface area contributed by atoms with Crippen LogP contribution >= 0.6 is 15.9 Å². The molecule has 1 aromatic carbocycles. The van der Waals surface area contributed by atoms with Crippen LogP contribution in [0.3, 0.4) is 0 Å². The number of hydrogen-bond donors (Lipinski definition) is 1. The molecule has 3 amide bonds. The van der Waals surface area contributed by atoms with Crippen LogP contribution in [0.25, 0.3) is 0 Å². The van der Waals surface area contributed by atoms with Crippen LogP contribution < -0.4 is 5.73 Å². The summed E-state index contributed by atoms with van der Waals surface area (Å²) in [6, 6.07) is 5.07. The molecule has 0 radical (unpaired) electrons. The highest BCUT2D eigenvalue weighted by Crippen LogP contribution is 2.26. The van der Waals surface area contributed by atoms with E-state index in [4.69, 9.17) is 5.73 Å². The van der Waals surface area contributed by atoms with E-state index >= 15 is 0 Å². The van der Waals surface area contributed by atoms with E-state index in [9.17, 15) is 14.4 Å². The summed E-state index contributed by atoms with van der Waals surface area (Å²) in [5.74, 6) is -0.0960. The van der Waals surface area contributed by atoms with Crippen LogP contribution in [0.2, 0.25) is 0 Å². The number of carbonyl (C=O) groups is 3. The minimum absolute atomic E-state index is 0.0744. The van der Waals surface area contributed by atoms with E-state index in [0.29, 0.717) is 36.4 Å². The Bertz CT molecular complexity index is 692. The minimum Gasteiger partial charge on any atom is -0.342 e. The third-order valence-corrected chi connectivity index (χ3v) is 5.17. The fourth-order valence-electron chi connectivity index (χ4n) is 3.26. The summed E-state index contributed by atoms with van der Waals surface area (Å²) in [7, 11) is 0. The zero-order chi connectivity index (χ0) is 17.3. The third-order valence-electron chi connectivity index (χ3n) is 4.68. The van der Waals surface area contributed by atoms with E-state index in [0.717, 1.165) is 24.0 Å². The fourth-order valence-corrected chi connectivity index (χ4v) is 3.63. The summed E-state index contributed by atoms with van der Waals surface area (Å²) in [6.07, 6.45) is 1.78. The predicted octanol–water partition coefficient (Wildman–Crippen LogP) is 1.63. The molecular formula is C17H20BrN3O3. The maximum atomic E-state index is 12.3. The van der Waals surface area contributed by atoms with Crippen LogP contribution in [0.5, 0.6) is 0 Å². The second-order valence-electron chi connectivity index (χ2n) is 6.29. The lowest BCUT2D eigenvalue weighted by atomic mass is 10.1. The zero-order valence-corrected chi connectivity index (χ0v) is 14.9. The van der Waals surface area contributed by atoms with Gasteiger partial charge in [0.05, 0.1) is 11.1 Å². The van der Waals surface area contributed by atoms with Crippen LogP contribution in [0, 0.1) is 5.92 Å². The van der Waals surface area contributed by atoms with Crippen LogP contribution in [0.4, 0.5) is 0 Å². The van der Waals surface area contributed by atoms with Gasteiger partial charge in [0.2, 0.25) is 5.91 Å². The third kappa shape index (κ3) is 3.23. The Balaban J connectivity index is 1.54. The van der Waals surface area contributed by atoms with Crippen molar-refractivity contribution in [1.29, 1.82) is 0 Å². The second-order valence-corrected chi connectivity index (χ2v) is 7.20. The van der Waals surface area contributed by atoms with Crippen molar-refractivity contribution < 1.29 is 14.4 Å². The lowest BCUT2D eigenvalue weighted by molar-refractivity contribution is -0.130. The number of rotatable bonds is 5. The van der Waals surface area contributed by atoms with Crippen LogP contribution in [-0.2, 0) is 4.79 Å². The SMILES string of the molecule is NCC1CCN(C(=O)CCCN2C(=O)c3ccc(Br)cc3C2=O)C1. The van der Waals surface area contributed by atoms with Gasteiger partial charge in [-0.3, -0.25) is 19.3 Å². The van der Waals surface area contributed by atoms with E-state index in [-0.39, 0.29) is 24.3 Å². The van der Waals surface area contributed by atoms with E-state index in [1.807, 2.05) is 4.90 Å². The summed E-state index contributed by atoms with van der Waals surface area (Å²) in [5, 5.41) is 0. The predicted molar refractivity (Wildman–Crippen MR) is 92.5 cm³/mol. The maximum absolute atomic E-state index is 12.3. The largest absolute Gasteiger partial charge is 0.342 e. The summed E-state index contributed by atoms with van der Waals surface area (Å²) in [5.41, 5.74) is 6.49. The maximum Gasteiger partial charge on any atom is 0.261 e. The first kappa shape index (κ1) is 17.1. The number of amides is 3. The monoisotopic (exact) mass is 393 g/mol.